The topological polar surface area (TPSA) is 140 Å². The van der Waals surface area contributed by atoms with E-state index in [9.17, 15) is 13.6 Å². The summed E-state index contributed by atoms with van der Waals surface area (Å²) in [6.07, 6.45) is 2.19. The van der Waals surface area contributed by atoms with Crippen LogP contribution >= 0.6 is 0 Å². The van der Waals surface area contributed by atoms with Gasteiger partial charge in [0.2, 0.25) is 4.91 Å². The Morgan fingerprint density at radius 3 is 2.55 bits per heavy atom. The van der Waals surface area contributed by atoms with E-state index in [1.807, 2.05) is 0 Å². The third kappa shape index (κ3) is 3.87. The minimum absolute atomic E-state index is 0.0856. The maximum atomic E-state index is 12.2. The number of hydrogen-bond acceptors (Lipinski definition) is 8. The molecule has 0 aliphatic heterocycles. The molecule has 10 heteroatoms. The van der Waals surface area contributed by atoms with Gasteiger partial charge in [0, 0.05) is 0 Å². The fourth-order valence-electron chi connectivity index (χ4n) is 2.35. The molecule has 0 amide bonds. The summed E-state index contributed by atoms with van der Waals surface area (Å²) in [5.41, 5.74) is 6.70. The third-order valence-corrected chi connectivity index (χ3v) is 4.82. The van der Waals surface area contributed by atoms with E-state index in [0.717, 1.165) is 12.8 Å². The summed E-state index contributed by atoms with van der Waals surface area (Å²) >= 11 is 0. The van der Waals surface area contributed by atoms with Crippen molar-refractivity contribution in [1.29, 1.82) is 5.53 Å². The first-order chi connectivity index (χ1) is 10.4. The molecule has 1 aliphatic carbocycles. The Labute approximate surface area is 127 Å². The van der Waals surface area contributed by atoms with E-state index in [1.54, 1.807) is 0 Å². The predicted octanol–water partition coefficient (Wildman–Crippen LogP) is 1.95. The minimum atomic E-state index is -4.02. The van der Waals surface area contributed by atoms with Gasteiger partial charge in [-0.3, -0.25) is 9.39 Å². The zero-order chi connectivity index (χ0) is 16.2. The molecule has 0 unspecified atom stereocenters. The molecule has 1 fully saturated rings. The minimum Gasteiger partial charge on any atom is -0.733 e. The van der Waals surface area contributed by atoms with Gasteiger partial charge in [-0.1, -0.05) is 12.8 Å². The van der Waals surface area contributed by atoms with Gasteiger partial charge < -0.3 is 10.4 Å². The standard InChI is InChI=1S/C12H16N4O5S/c13-15-14-11-3-1-2-4-12(11)21-22(19,20)10-7-5-9(6-8-10)16(17)18/h5-8,11-13,17H,1-4H2/t11-,12-/m1/s1. The van der Waals surface area contributed by atoms with Crippen molar-refractivity contribution in [2.75, 3.05) is 5.23 Å². The van der Waals surface area contributed by atoms with E-state index in [4.69, 9.17) is 14.9 Å². The van der Waals surface area contributed by atoms with Gasteiger partial charge in [0.1, 0.15) is 16.7 Å². The van der Waals surface area contributed by atoms with Crippen molar-refractivity contribution < 1.29 is 17.8 Å². The second kappa shape index (κ2) is 6.95. The van der Waals surface area contributed by atoms with E-state index >= 15 is 0 Å². The Morgan fingerprint density at radius 1 is 1.32 bits per heavy atom. The number of nitrogens with zero attached hydrogens (tertiary/aromatic N) is 3. The second-order valence-electron chi connectivity index (χ2n) is 4.92. The van der Waals surface area contributed by atoms with Crippen molar-refractivity contribution in [3.63, 3.8) is 0 Å². The summed E-state index contributed by atoms with van der Waals surface area (Å²) in [7, 11) is -4.02. The molecule has 0 spiro atoms. The zero-order valence-corrected chi connectivity index (χ0v) is 12.4. The second-order valence-corrected chi connectivity index (χ2v) is 6.50. The maximum Gasteiger partial charge on any atom is 0.297 e. The number of rotatable bonds is 5. The fourth-order valence-corrected chi connectivity index (χ4v) is 3.48. The largest absolute Gasteiger partial charge is 0.733 e. The Kier molecular flexibility index (Phi) is 5.22. The van der Waals surface area contributed by atoms with Gasteiger partial charge >= 0.3 is 0 Å². The Hall–Kier alpha value is -1.84. The predicted molar refractivity (Wildman–Crippen MR) is 75.7 cm³/mol. The number of anilines is 1. The molecule has 1 aromatic rings. The van der Waals surface area contributed by atoms with E-state index < -0.39 is 22.3 Å². The molecule has 0 heterocycles. The van der Waals surface area contributed by atoms with E-state index in [1.165, 1.54) is 24.3 Å². The molecule has 22 heavy (non-hydrogen) atoms. The van der Waals surface area contributed by atoms with Gasteiger partial charge in [0.25, 0.3) is 10.1 Å². The van der Waals surface area contributed by atoms with Crippen LogP contribution in [0.5, 0.6) is 0 Å². The normalized spacial score (nSPS) is 21.9. The van der Waals surface area contributed by atoms with Crippen LogP contribution in [0.4, 0.5) is 5.69 Å². The van der Waals surface area contributed by atoms with Crippen LogP contribution in [0.1, 0.15) is 25.7 Å². The summed E-state index contributed by atoms with van der Waals surface area (Å²) in [6, 6.07) is 4.25. The monoisotopic (exact) mass is 328 g/mol. The summed E-state index contributed by atoms with van der Waals surface area (Å²) in [6.45, 7) is 0. The molecule has 1 saturated carbocycles. The summed E-state index contributed by atoms with van der Waals surface area (Å²) in [5, 5.41) is 22.8. The third-order valence-electron chi connectivity index (χ3n) is 3.47. The summed E-state index contributed by atoms with van der Waals surface area (Å²) < 4.78 is 29.7. The molecule has 1 aromatic carbocycles. The molecule has 0 bridgehead atoms. The van der Waals surface area contributed by atoms with Gasteiger partial charge in [-0.05, 0) is 37.1 Å². The molecule has 0 aromatic heterocycles. The highest BCUT2D eigenvalue weighted by atomic mass is 32.2. The Morgan fingerprint density at radius 2 is 1.95 bits per heavy atom. The van der Waals surface area contributed by atoms with Crippen LogP contribution < -0.4 is 10.1 Å². The number of nitrogens with one attached hydrogen (secondary N) is 1. The van der Waals surface area contributed by atoms with Crippen LogP contribution in [0.2, 0.25) is 0 Å². The molecular formula is C12H16N4O5S. The van der Waals surface area contributed by atoms with Gasteiger partial charge in [0.15, 0.2) is 6.04 Å². The number of benzene rings is 1. The maximum absolute atomic E-state index is 12.2. The smallest absolute Gasteiger partial charge is 0.297 e. The summed E-state index contributed by atoms with van der Waals surface area (Å²) in [5.74, 6) is 0. The lowest BCUT2D eigenvalue weighted by molar-refractivity contribution is 0.136. The van der Waals surface area contributed by atoms with E-state index in [2.05, 4.69) is 10.0 Å². The highest BCUT2D eigenvalue weighted by Gasteiger charge is 2.34. The van der Waals surface area contributed by atoms with Crippen molar-refractivity contribution in [1.82, 2.24) is 4.91 Å². The average Bonchev–Trinajstić information content (AvgIpc) is 2.49. The Balaban J connectivity index is 2.17. The van der Waals surface area contributed by atoms with Crippen molar-refractivity contribution in [3.8, 4) is 0 Å². The SMILES string of the molecule is N=[N+]=N[C@@H]1CCCC[C@H]1OS(=O)(=O)c1ccc(N([O-])O)cc1. The van der Waals surface area contributed by atoms with Crippen molar-refractivity contribution >= 4 is 15.8 Å². The fraction of sp³-hybridized carbons (Fsp3) is 0.500. The highest BCUT2D eigenvalue weighted by Crippen LogP contribution is 2.27. The van der Waals surface area contributed by atoms with Crippen LogP contribution in [0, 0.1) is 10.7 Å². The lowest BCUT2D eigenvalue weighted by Gasteiger charge is -2.24. The molecule has 1 aliphatic rings. The van der Waals surface area contributed by atoms with Gasteiger partial charge in [0.05, 0.1) is 10.6 Å². The zero-order valence-electron chi connectivity index (χ0n) is 11.6. The van der Waals surface area contributed by atoms with Crippen molar-refractivity contribution in [2.45, 2.75) is 42.7 Å². The van der Waals surface area contributed by atoms with Gasteiger partial charge in [-0.25, -0.2) is 0 Å². The molecule has 0 radical (unpaired) electrons. The van der Waals surface area contributed by atoms with Crippen molar-refractivity contribution in [3.05, 3.63) is 29.5 Å². The van der Waals surface area contributed by atoms with Crippen LogP contribution in [-0.4, -0.2) is 25.8 Å². The average molecular weight is 328 g/mol. The quantitative estimate of drug-likeness (QED) is 0.366. The van der Waals surface area contributed by atoms with Crippen LogP contribution in [0.3, 0.4) is 0 Å². The van der Waals surface area contributed by atoms with Crippen LogP contribution in [-0.2, 0) is 14.3 Å². The lowest BCUT2D eigenvalue weighted by Crippen LogP contribution is -2.33. The lowest BCUT2D eigenvalue weighted by atomic mass is 9.93. The molecule has 0 saturated heterocycles. The molecule has 120 valence electrons. The first kappa shape index (κ1) is 16.5. The van der Waals surface area contributed by atoms with Crippen LogP contribution in [0.25, 0.3) is 0 Å². The van der Waals surface area contributed by atoms with Gasteiger partial charge in [-0.2, -0.15) is 8.42 Å². The molecule has 9 nitrogen and oxygen atoms in total. The highest BCUT2D eigenvalue weighted by molar-refractivity contribution is 7.86. The molecule has 2 N–H and O–H groups in total. The number of hydrogen-bond donors (Lipinski definition) is 2. The first-order valence-corrected chi connectivity index (χ1v) is 8.11. The van der Waals surface area contributed by atoms with E-state index in [0.29, 0.717) is 12.8 Å². The molecule has 2 rings (SSSR count). The van der Waals surface area contributed by atoms with E-state index in [-0.39, 0.29) is 15.8 Å². The first-order valence-electron chi connectivity index (χ1n) is 6.70. The van der Waals surface area contributed by atoms with Crippen molar-refractivity contribution in [2.24, 2.45) is 5.11 Å². The summed E-state index contributed by atoms with van der Waals surface area (Å²) in [4.78, 5) is 2.86. The van der Waals surface area contributed by atoms with Crippen LogP contribution in [0.15, 0.2) is 34.3 Å². The molecular weight excluding hydrogens is 312 g/mol. The Bertz CT molecular complexity index is 655. The molecule has 2 atom stereocenters. The van der Waals surface area contributed by atoms with Gasteiger partial charge in [-0.15, -0.1) is 0 Å².